The van der Waals surface area contributed by atoms with E-state index in [0.717, 1.165) is 5.69 Å². The average molecular weight is 450 g/mol. The van der Waals surface area contributed by atoms with Crippen molar-refractivity contribution >= 4 is 44.6 Å². The Morgan fingerprint density at radius 2 is 1.83 bits per heavy atom. The summed E-state index contributed by atoms with van der Waals surface area (Å²) in [6.45, 7) is 0.673. The van der Waals surface area contributed by atoms with Gasteiger partial charge in [-0.2, -0.15) is 4.31 Å². The van der Waals surface area contributed by atoms with Gasteiger partial charge in [0.05, 0.1) is 11.4 Å². The van der Waals surface area contributed by atoms with Crippen molar-refractivity contribution in [1.29, 1.82) is 0 Å². The molecule has 0 bridgehead atoms. The van der Waals surface area contributed by atoms with Crippen LogP contribution in [0.5, 0.6) is 0 Å². The molecule has 9 heteroatoms. The van der Waals surface area contributed by atoms with E-state index in [9.17, 15) is 13.2 Å². The van der Waals surface area contributed by atoms with E-state index in [1.807, 2.05) is 29.1 Å². The minimum atomic E-state index is -3.47. The number of rotatable bonds is 5. The quantitative estimate of drug-likeness (QED) is 0.633. The molecule has 0 spiro atoms. The number of carbonyl (C=O) groups excluding carboxylic acids is 1. The summed E-state index contributed by atoms with van der Waals surface area (Å²) >= 11 is 7.34. The van der Waals surface area contributed by atoms with Crippen molar-refractivity contribution in [1.82, 2.24) is 8.87 Å². The summed E-state index contributed by atoms with van der Waals surface area (Å²) in [5, 5.41) is 5.33. The zero-order valence-electron chi connectivity index (χ0n) is 15.5. The SMILES string of the molecule is O=C(Nc1ccc(Cl)cc1-n1cccc1)C1CCN(S(=O)(=O)c2cccs2)CC1. The number of nitrogens with one attached hydrogen (secondary N) is 1. The summed E-state index contributed by atoms with van der Waals surface area (Å²) in [4.78, 5) is 12.8. The van der Waals surface area contributed by atoms with Crippen molar-refractivity contribution in [2.24, 2.45) is 5.92 Å². The van der Waals surface area contributed by atoms with Crippen LogP contribution in [0.3, 0.4) is 0 Å². The van der Waals surface area contributed by atoms with E-state index in [1.165, 1.54) is 15.6 Å². The maximum atomic E-state index is 12.8. The van der Waals surface area contributed by atoms with Crippen LogP contribution >= 0.6 is 22.9 Å². The number of amides is 1. The fourth-order valence-electron chi connectivity index (χ4n) is 3.45. The summed E-state index contributed by atoms with van der Waals surface area (Å²) in [6, 6.07) is 12.5. The van der Waals surface area contributed by atoms with Crippen molar-refractivity contribution in [2.75, 3.05) is 18.4 Å². The number of aromatic nitrogens is 1. The second-order valence-electron chi connectivity index (χ2n) is 6.85. The number of thiophene rings is 1. The lowest BCUT2D eigenvalue weighted by molar-refractivity contribution is -0.120. The van der Waals surface area contributed by atoms with Crippen LogP contribution in [0.4, 0.5) is 5.69 Å². The van der Waals surface area contributed by atoms with Crippen LogP contribution in [0.25, 0.3) is 5.69 Å². The summed E-state index contributed by atoms with van der Waals surface area (Å²) in [5.41, 5.74) is 1.46. The molecule has 1 fully saturated rings. The Morgan fingerprint density at radius 3 is 2.48 bits per heavy atom. The van der Waals surface area contributed by atoms with Crippen LogP contribution in [-0.2, 0) is 14.8 Å². The van der Waals surface area contributed by atoms with Crippen LogP contribution in [0.1, 0.15) is 12.8 Å². The van der Waals surface area contributed by atoms with Gasteiger partial charge in [0.1, 0.15) is 4.21 Å². The Morgan fingerprint density at radius 1 is 1.10 bits per heavy atom. The Labute approximate surface area is 178 Å². The maximum Gasteiger partial charge on any atom is 0.252 e. The van der Waals surface area contributed by atoms with Crippen molar-refractivity contribution in [3.8, 4) is 5.69 Å². The lowest BCUT2D eigenvalue weighted by atomic mass is 9.97. The average Bonchev–Trinajstić information content (AvgIpc) is 3.44. The zero-order valence-corrected chi connectivity index (χ0v) is 17.9. The zero-order chi connectivity index (χ0) is 20.4. The molecule has 0 radical (unpaired) electrons. The van der Waals surface area contributed by atoms with Gasteiger partial charge < -0.3 is 9.88 Å². The van der Waals surface area contributed by atoms with Crippen LogP contribution < -0.4 is 5.32 Å². The number of halogens is 1. The molecule has 0 aliphatic carbocycles. The number of piperidine rings is 1. The number of benzene rings is 1. The molecular weight excluding hydrogens is 430 g/mol. The lowest BCUT2D eigenvalue weighted by Crippen LogP contribution is -2.41. The smallest absolute Gasteiger partial charge is 0.252 e. The molecule has 1 aromatic carbocycles. The first kappa shape index (κ1) is 20.2. The van der Waals surface area contributed by atoms with E-state index in [-0.39, 0.29) is 11.8 Å². The minimum Gasteiger partial charge on any atom is -0.324 e. The monoisotopic (exact) mass is 449 g/mol. The number of nitrogens with zero attached hydrogens (tertiary/aromatic N) is 2. The van der Waals surface area contributed by atoms with E-state index in [4.69, 9.17) is 11.6 Å². The first-order valence-corrected chi connectivity index (χ1v) is 11.9. The van der Waals surface area contributed by atoms with Gasteiger partial charge in [-0.1, -0.05) is 17.7 Å². The number of carbonyl (C=O) groups is 1. The highest BCUT2D eigenvalue weighted by atomic mass is 35.5. The largest absolute Gasteiger partial charge is 0.324 e. The van der Waals surface area contributed by atoms with E-state index in [0.29, 0.717) is 40.9 Å². The molecule has 1 amide bonds. The first-order chi connectivity index (χ1) is 13.9. The first-order valence-electron chi connectivity index (χ1n) is 9.22. The van der Waals surface area contributed by atoms with Crippen molar-refractivity contribution in [3.63, 3.8) is 0 Å². The molecule has 1 aliphatic heterocycles. The van der Waals surface area contributed by atoms with Gasteiger partial charge in [-0.15, -0.1) is 11.3 Å². The molecule has 3 heterocycles. The number of anilines is 1. The second-order valence-corrected chi connectivity index (χ2v) is 10.4. The summed E-state index contributed by atoms with van der Waals surface area (Å²) in [5.74, 6) is -0.341. The summed E-state index contributed by atoms with van der Waals surface area (Å²) < 4.78 is 29.0. The van der Waals surface area contributed by atoms with Crippen molar-refractivity contribution in [2.45, 2.75) is 17.1 Å². The van der Waals surface area contributed by atoms with Gasteiger partial charge in [-0.05, 0) is 54.6 Å². The fourth-order valence-corrected chi connectivity index (χ4v) is 6.23. The second kappa shape index (κ2) is 8.31. The topological polar surface area (TPSA) is 71.4 Å². The maximum absolute atomic E-state index is 12.8. The highest BCUT2D eigenvalue weighted by molar-refractivity contribution is 7.91. The molecule has 0 saturated carbocycles. The molecule has 0 unspecified atom stereocenters. The minimum absolute atomic E-state index is 0.103. The van der Waals surface area contributed by atoms with Crippen LogP contribution in [-0.4, -0.2) is 36.3 Å². The Bertz CT molecular complexity index is 1090. The van der Waals surface area contributed by atoms with Gasteiger partial charge >= 0.3 is 0 Å². The Kier molecular flexibility index (Phi) is 5.78. The molecule has 1 aliphatic rings. The molecule has 1 N–H and O–H groups in total. The van der Waals surface area contributed by atoms with E-state index >= 15 is 0 Å². The molecule has 1 saturated heterocycles. The van der Waals surface area contributed by atoms with Gasteiger partial charge in [0, 0.05) is 36.4 Å². The van der Waals surface area contributed by atoms with Gasteiger partial charge in [0.15, 0.2) is 0 Å². The van der Waals surface area contributed by atoms with Gasteiger partial charge in [-0.25, -0.2) is 8.42 Å². The van der Waals surface area contributed by atoms with Crippen LogP contribution in [0.15, 0.2) is 64.4 Å². The third kappa shape index (κ3) is 4.25. The lowest BCUT2D eigenvalue weighted by Gasteiger charge is -2.30. The standard InChI is InChI=1S/C20H20ClN3O3S2/c21-16-5-6-17(18(14-16)23-9-1-2-10-23)22-20(25)15-7-11-24(12-8-15)29(26,27)19-4-3-13-28-19/h1-6,9-10,13-15H,7-8,11-12H2,(H,22,25). The predicted molar refractivity (Wildman–Crippen MR) is 115 cm³/mol. The highest BCUT2D eigenvalue weighted by Crippen LogP contribution is 2.29. The molecular formula is C20H20ClN3O3S2. The molecule has 29 heavy (non-hydrogen) atoms. The molecule has 2 aromatic heterocycles. The van der Waals surface area contributed by atoms with E-state index in [1.54, 1.807) is 35.7 Å². The number of hydrogen-bond donors (Lipinski definition) is 1. The molecule has 6 nitrogen and oxygen atoms in total. The number of sulfonamides is 1. The molecule has 3 aromatic rings. The third-order valence-corrected chi connectivity index (χ3v) is 8.52. The molecule has 4 rings (SSSR count). The normalized spacial score (nSPS) is 16.0. The van der Waals surface area contributed by atoms with E-state index in [2.05, 4.69) is 5.32 Å². The van der Waals surface area contributed by atoms with Crippen molar-refractivity contribution < 1.29 is 13.2 Å². The highest BCUT2D eigenvalue weighted by Gasteiger charge is 2.32. The molecule has 0 atom stereocenters. The fraction of sp³-hybridized carbons (Fsp3) is 0.250. The molecule has 152 valence electrons. The van der Waals surface area contributed by atoms with Gasteiger partial charge in [0.2, 0.25) is 5.91 Å². The Hall–Kier alpha value is -2.13. The van der Waals surface area contributed by atoms with Crippen LogP contribution in [0.2, 0.25) is 5.02 Å². The Balaban J connectivity index is 1.44. The third-order valence-electron chi connectivity index (χ3n) is 5.01. The van der Waals surface area contributed by atoms with Crippen LogP contribution in [0, 0.1) is 5.92 Å². The summed E-state index contributed by atoms with van der Waals surface area (Å²) in [6.07, 6.45) is 4.75. The number of hydrogen-bond acceptors (Lipinski definition) is 4. The van der Waals surface area contributed by atoms with E-state index < -0.39 is 10.0 Å². The van der Waals surface area contributed by atoms with Gasteiger partial charge in [0.25, 0.3) is 10.0 Å². The van der Waals surface area contributed by atoms with Crippen molar-refractivity contribution in [3.05, 3.63) is 65.3 Å². The van der Waals surface area contributed by atoms with Gasteiger partial charge in [-0.3, -0.25) is 4.79 Å². The predicted octanol–water partition coefficient (Wildman–Crippen LogP) is 4.23. The summed E-state index contributed by atoms with van der Waals surface area (Å²) in [7, 11) is -3.47.